The molecule has 2 aliphatic carbocycles. The first-order chi connectivity index (χ1) is 9.10. The predicted molar refractivity (Wildman–Crippen MR) is 67.8 cm³/mol. The Bertz CT molecular complexity index is 452. The number of hydrogen-bond donors (Lipinski definition) is 1. The number of carboxylic acids is 1. The lowest BCUT2D eigenvalue weighted by Crippen LogP contribution is -2.43. The monoisotopic (exact) mass is 262 g/mol. The largest absolute Gasteiger partial charge is 0.481 e. The number of hydrogen-bond acceptors (Lipinski definition) is 3. The molecule has 19 heavy (non-hydrogen) atoms. The zero-order valence-corrected chi connectivity index (χ0v) is 11.0. The van der Waals surface area contributed by atoms with Crippen molar-refractivity contribution in [2.45, 2.75) is 19.8 Å². The molecule has 4 atom stereocenters. The van der Waals surface area contributed by atoms with Gasteiger partial charge in [-0.05, 0) is 25.2 Å². The predicted octanol–water partition coefficient (Wildman–Crippen LogP) is 1.27. The number of fused-ring (bicyclic) bond motifs is 2. The quantitative estimate of drug-likeness (QED) is 0.756. The molecule has 0 heterocycles. The van der Waals surface area contributed by atoms with E-state index in [1.807, 2.05) is 25.1 Å². The van der Waals surface area contributed by atoms with E-state index in [0.29, 0.717) is 13.1 Å². The maximum Gasteiger partial charge on any atom is 0.307 e. The lowest BCUT2D eigenvalue weighted by Gasteiger charge is -2.29. The zero-order valence-electron chi connectivity index (χ0n) is 11.0. The normalized spacial score (nSPS) is 31.2. The molecule has 2 bridgehead atoms. The van der Waals surface area contributed by atoms with Gasteiger partial charge in [-0.1, -0.05) is 12.2 Å². The van der Waals surface area contributed by atoms with Crippen molar-refractivity contribution < 1.29 is 14.7 Å². The van der Waals surface area contributed by atoms with Gasteiger partial charge in [-0.25, -0.2) is 0 Å². The van der Waals surface area contributed by atoms with Crippen LogP contribution >= 0.6 is 0 Å². The molecule has 1 fully saturated rings. The van der Waals surface area contributed by atoms with E-state index < -0.39 is 17.8 Å². The number of rotatable bonds is 5. The molecule has 0 aliphatic heterocycles. The van der Waals surface area contributed by atoms with Gasteiger partial charge in [0, 0.05) is 13.1 Å². The lowest BCUT2D eigenvalue weighted by molar-refractivity contribution is -0.150. The minimum atomic E-state index is -0.883. The van der Waals surface area contributed by atoms with Crippen molar-refractivity contribution in [3.63, 3.8) is 0 Å². The van der Waals surface area contributed by atoms with Gasteiger partial charge in [0.05, 0.1) is 24.3 Å². The summed E-state index contributed by atoms with van der Waals surface area (Å²) in [5, 5.41) is 17.9. The summed E-state index contributed by atoms with van der Waals surface area (Å²) >= 11 is 0. The van der Waals surface area contributed by atoms with Crippen LogP contribution in [0.5, 0.6) is 0 Å². The Morgan fingerprint density at radius 3 is 2.53 bits per heavy atom. The molecule has 1 saturated carbocycles. The molecule has 1 amide bonds. The molecule has 4 unspecified atom stereocenters. The van der Waals surface area contributed by atoms with Crippen LogP contribution in [0.4, 0.5) is 0 Å². The van der Waals surface area contributed by atoms with Crippen LogP contribution in [0.2, 0.25) is 0 Å². The molecular formula is C14H18N2O3. The van der Waals surface area contributed by atoms with Crippen LogP contribution < -0.4 is 0 Å². The Balaban J connectivity index is 2.15. The average molecular weight is 262 g/mol. The van der Waals surface area contributed by atoms with Crippen molar-refractivity contribution in [3.05, 3.63) is 12.2 Å². The topological polar surface area (TPSA) is 81.4 Å². The summed E-state index contributed by atoms with van der Waals surface area (Å²) in [5.74, 6) is -2.00. The van der Waals surface area contributed by atoms with Crippen molar-refractivity contribution >= 4 is 11.9 Å². The van der Waals surface area contributed by atoms with Gasteiger partial charge in [-0.15, -0.1) is 0 Å². The highest BCUT2D eigenvalue weighted by atomic mass is 16.4. The van der Waals surface area contributed by atoms with E-state index in [4.69, 9.17) is 5.26 Å². The van der Waals surface area contributed by atoms with Gasteiger partial charge in [-0.2, -0.15) is 5.26 Å². The van der Waals surface area contributed by atoms with Crippen molar-refractivity contribution in [1.82, 2.24) is 4.90 Å². The number of nitrogens with zero attached hydrogens (tertiary/aromatic N) is 2. The third kappa shape index (κ3) is 2.35. The Morgan fingerprint density at radius 2 is 2.00 bits per heavy atom. The van der Waals surface area contributed by atoms with Crippen molar-refractivity contribution in [3.8, 4) is 6.07 Å². The van der Waals surface area contributed by atoms with Crippen LogP contribution in [0.15, 0.2) is 12.2 Å². The minimum absolute atomic E-state index is 0.00822. The highest BCUT2D eigenvalue weighted by Crippen LogP contribution is 2.48. The van der Waals surface area contributed by atoms with Crippen LogP contribution in [-0.4, -0.2) is 35.0 Å². The highest BCUT2D eigenvalue weighted by Gasteiger charge is 2.52. The Hall–Kier alpha value is -1.83. The molecule has 5 nitrogen and oxygen atoms in total. The molecule has 0 spiro atoms. The Kier molecular flexibility index (Phi) is 3.89. The van der Waals surface area contributed by atoms with E-state index in [2.05, 4.69) is 0 Å². The minimum Gasteiger partial charge on any atom is -0.481 e. The third-order valence-corrected chi connectivity index (χ3v) is 4.22. The molecule has 102 valence electrons. The summed E-state index contributed by atoms with van der Waals surface area (Å²) in [5.41, 5.74) is 0. The maximum atomic E-state index is 12.5. The van der Waals surface area contributed by atoms with Gasteiger partial charge >= 0.3 is 5.97 Å². The molecule has 2 aliphatic rings. The summed E-state index contributed by atoms with van der Waals surface area (Å²) in [6, 6.07) is 2.02. The van der Waals surface area contributed by atoms with Crippen molar-refractivity contribution in [1.29, 1.82) is 5.26 Å². The number of nitriles is 1. The van der Waals surface area contributed by atoms with E-state index in [1.165, 1.54) is 0 Å². The fourth-order valence-electron chi connectivity index (χ4n) is 3.32. The first-order valence-electron chi connectivity index (χ1n) is 6.67. The zero-order chi connectivity index (χ0) is 14.0. The molecule has 0 aromatic rings. The Morgan fingerprint density at radius 1 is 1.37 bits per heavy atom. The van der Waals surface area contributed by atoms with Crippen molar-refractivity contribution in [2.75, 3.05) is 13.1 Å². The molecule has 0 radical (unpaired) electrons. The second-order valence-electron chi connectivity index (χ2n) is 5.16. The fraction of sp³-hybridized carbons (Fsp3) is 0.643. The van der Waals surface area contributed by atoms with Crippen LogP contribution in [0.3, 0.4) is 0 Å². The lowest BCUT2D eigenvalue weighted by atomic mass is 9.82. The smallest absolute Gasteiger partial charge is 0.307 e. The third-order valence-electron chi connectivity index (χ3n) is 4.22. The molecule has 0 aromatic heterocycles. The van der Waals surface area contributed by atoms with Crippen LogP contribution in [0.1, 0.15) is 19.8 Å². The van der Waals surface area contributed by atoms with Gasteiger partial charge in [0.25, 0.3) is 0 Å². The van der Waals surface area contributed by atoms with Gasteiger partial charge in [0.2, 0.25) is 5.91 Å². The molecular weight excluding hydrogens is 244 g/mol. The molecule has 2 rings (SSSR count). The second-order valence-corrected chi connectivity index (χ2v) is 5.16. The van der Waals surface area contributed by atoms with E-state index >= 15 is 0 Å². The Labute approximate surface area is 112 Å². The highest BCUT2D eigenvalue weighted by molar-refractivity contribution is 5.87. The fourth-order valence-corrected chi connectivity index (χ4v) is 3.32. The first kappa shape index (κ1) is 13.6. The van der Waals surface area contributed by atoms with E-state index in [9.17, 15) is 14.7 Å². The van der Waals surface area contributed by atoms with Crippen molar-refractivity contribution in [2.24, 2.45) is 23.7 Å². The number of amides is 1. The summed E-state index contributed by atoms with van der Waals surface area (Å²) in [6.45, 7) is 2.76. The van der Waals surface area contributed by atoms with Gasteiger partial charge in [0.15, 0.2) is 0 Å². The maximum absolute atomic E-state index is 12.5. The SMILES string of the molecule is CCN(CCC#N)C(=O)C1C2C=CC(C2)C1C(=O)O. The standard InChI is InChI=1S/C14H18N2O3/c1-2-16(7-3-6-15)13(17)11-9-4-5-10(8-9)12(11)14(18)19/h4-5,9-12H,2-3,7-8H2,1H3,(H,18,19). The second kappa shape index (κ2) is 5.43. The average Bonchev–Trinajstić information content (AvgIpc) is 2.99. The van der Waals surface area contributed by atoms with E-state index in [1.54, 1.807) is 4.90 Å². The molecule has 0 aromatic carbocycles. The summed E-state index contributed by atoms with van der Waals surface area (Å²) in [4.78, 5) is 25.5. The van der Waals surface area contributed by atoms with Gasteiger partial charge in [-0.3, -0.25) is 9.59 Å². The van der Waals surface area contributed by atoms with Crippen LogP contribution in [-0.2, 0) is 9.59 Å². The molecule has 5 heteroatoms. The molecule has 1 N–H and O–H groups in total. The molecule has 0 saturated heterocycles. The summed E-state index contributed by atoms with van der Waals surface area (Å²) in [7, 11) is 0. The number of allylic oxidation sites excluding steroid dienone is 2. The van der Waals surface area contributed by atoms with Crippen LogP contribution in [0.25, 0.3) is 0 Å². The van der Waals surface area contributed by atoms with Gasteiger partial charge in [0.1, 0.15) is 0 Å². The van der Waals surface area contributed by atoms with E-state index in [0.717, 1.165) is 6.42 Å². The van der Waals surface area contributed by atoms with Gasteiger partial charge < -0.3 is 10.0 Å². The summed E-state index contributed by atoms with van der Waals surface area (Å²) < 4.78 is 0. The first-order valence-corrected chi connectivity index (χ1v) is 6.67. The van der Waals surface area contributed by atoms with Crippen LogP contribution in [0, 0.1) is 35.0 Å². The number of carbonyl (C=O) groups is 2. The number of carboxylic acid groups (broad SMARTS) is 1. The number of aliphatic carboxylic acids is 1. The summed E-state index contributed by atoms with van der Waals surface area (Å²) in [6.07, 6.45) is 4.96. The number of carbonyl (C=O) groups excluding carboxylic acids is 1. The van der Waals surface area contributed by atoms with E-state index in [-0.39, 0.29) is 24.2 Å².